The van der Waals surface area contributed by atoms with Crippen LogP contribution in [0, 0.1) is 0 Å². The number of anilines is 1. The molecule has 1 aromatic rings. The molecule has 0 radical (unpaired) electrons. The number of hydrogen-bond donors (Lipinski definition) is 2. The van der Waals surface area contributed by atoms with Crippen molar-refractivity contribution in [2.75, 3.05) is 32.5 Å². The van der Waals surface area contributed by atoms with Gasteiger partial charge in [0.15, 0.2) is 0 Å². The predicted molar refractivity (Wildman–Crippen MR) is 82.3 cm³/mol. The van der Waals surface area contributed by atoms with Crippen molar-refractivity contribution in [3.63, 3.8) is 0 Å². The molecule has 1 aliphatic carbocycles. The summed E-state index contributed by atoms with van der Waals surface area (Å²) in [6.45, 7) is 1.10. The molecule has 1 aromatic heterocycles. The van der Waals surface area contributed by atoms with E-state index in [1.54, 1.807) is 19.3 Å². The number of aromatic nitrogens is 1. The van der Waals surface area contributed by atoms with Gasteiger partial charge in [-0.2, -0.15) is 0 Å². The van der Waals surface area contributed by atoms with Gasteiger partial charge in [0.05, 0.1) is 0 Å². The lowest BCUT2D eigenvalue weighted by atomic mass is 10.4. The third kappa shape index (κ3) is 3.91. The van der Waals surface area contributed by atoms with Gasteiger partial charge in [-0.3, -0.25) is 0 Å². The van der Waals surface area contributed by atoms with Gasteiger partial charge in [0.2, 0.25) is 10.0 Å². The van der Waals surface area contributed by atoms with Gasteiger partial charge in [0, 0.05) is 36.8 Å². The summed E-state index contributed by atoms with van der Waals surface area (Å²) in [4.78, 5) is 6.39. The molecular formula is C12H19BrN4O2S. The quantitative estimate of drug-likeness (QED) is 0.763. The van der Waals surface area contributed by atoms with Crippen molar-refractivity contribution in [3.8, 4) is 0 Å². The number of sulfonamides is 1. The molecule has 0 aliphatic heterocycles. The molecular weight excluding hydrogens is 344 g/mol. The molecule has 0 aromatic carbocycles. The molecule has 6 nitrogen and oxygen atoms in total. The van der Waals surface area contributed by atoms with Crippen molar-refractivity contribution in [1.82, 2.24) is 14.6 Å². The van der Waals surface area contributed by atoms with Crippen LogP contribution in [0.2, 0.25) is 0 Å². The zero-order valence-corrected chi connectivity index (χ0v) is 14.0. The summed E-state index contributed by atoms with van der Waals surface area (Å²) >= 11 is 3.25. The first-order chi connectivity index (χ1) is 9.44. The Morgan fingerprint density at radius 3 is 2.80 bits per heavy atom. The predicted octanol–water partition coefficient (Wildman–Crippen LogP) is 1.26. The average molecular weight is 363 g/mol. The Kier molecular flexibility index (Phi) is 5.00. The van der Waals surface area contributed by atoms with E-state index in [1.165, 1.54) is 12.8 Å². The third-order valence-corrected chi connectivity index (χ3v) is 5.18. The topological polar surface area (TPSA) is 74.3 Å². The molecule has 0 atom stereocenters. The first-order valence-electron chi connectivity index (χ1n) is 6.47. The van der Waals surface area contributed by atoms with Crippen LogP contribution in [0.5, 0.6) is 0 Å². The smallest absolute Gasteiger partial charge is 0.244 e. The van der Waals surface area contributed by atoms with Gasteiger partial charge in [-0.25, -0.2) is 18.1 Å². The lowest BCUT2D eigenvalue weighted by Crippen LogP contribution is -2.34. The Morgan fingerprint density at radius 2 is 2.20 bits per heavy atom. The second kappa shape index (κ2) is 6.38. The summed E-state index contributed by atoms with van der Waals surface area (Å²) in [5.74, 6) is 0.344. The second-order valence-corrected chi connectivity index (χ2v) is 7.51. The lowest BCUT2D eigenvalue weighted by molar-refractivity contribution is 0.329. The SMILES string of the molecule is CNc1ncc(Br)cc1S(=O)(=O)NCCN(C)C1CC1. The van der Waals surface area contributed by atoms with Crippen LogP contribution in [0.1, 0.15) is 12.8 Å². The van der Waals surface area contributed by atoms with Gasteiger partial charge in [-0.15, -0.1) is 0 Å². The van der Waals surface area contributed by atoms with E-state index >= 15 is 0 Å². The van der Waals surface area contributed by atoms with E-state index in [2.05, 4.69) is 35.9 Å². The molecule has 1 aliphatic rings. The summed E-state index contributed by atoms with van der Waals surface area (Å²) in [5, 5.41) is 2.79. The zero-order valence-electron chi connectivity index (χ0n) is 11.6. The fourth-order valence-electron chi connectivity index (χ4n) is 1.95. The highest BCUT2D eigenvalue weighted by Crippen LogP contribution is 2.25. The Bertz CT molecular complexity index is 575. The highest BCUT2D eigenvalue weighted by Gasteiger charge is 2.26. The minimum absolute atomic E-state index is 0.156. The number of nitrogens with zero attached hydrogens (tertiary/aromatic N) is 2. The number of likely N-dealkylation sites (N-methyl/N-ethyl adjacent to an activating group) is 1. The summed E-state index contributed by atoms with van der Waals surface area (Å²) in [7, 11) is 0.110. The molecule has 1 fully saturated rings. The van der Waals surface area contributed by atoms with E-state index < -0.39 is 10.0 Å². The van der Waals surface area contributed by atoms with E-state index in [4.69, 9.17) is 0 Å². The second-order valence-electron chi connectivity index (χ2n) is 4.86. The highest BCUT2D eigenvalue weighted by atomic mass is 79.9. The minimum atomic E-state index is -3.56. The van der Waals surface area contributed by atoms with Crippen LogP contribution in [0.3, 0.4) is 0 Å². The Morgan fingerprint density at radius 1 is 1.50 bits per heavy atom. The van der Waals surface area contributed by atoms with Crippen molar-refractivity contribution in [2.45, 2.75) is 23.8 Å². The molecule has 1 heterocycles. The number of halogens is 1. The number of pyridine rings is 1. The average Bonchev–Trinajstić information content (AvgIpc) is 3.22. The summed E-state index contributed by atoms with van der Waals surface area (Å²) in [6, 6.07) is 2.17. The van der Waals surface area contributed by atoms with Crippen LogP contribution in [-0.2, 0) is 10.0 Å². The number of rotatable bonds is 7. The normalized spacial score (nSPS) is 15.6. The van der Waals surface area contributed by atoms with E-state index in [1.807, 2.05) is 7.05 Å². The van der Waals surface area contributed by atoms with E-state index in [0.717, 1.165) is 0 Å². The van der Waals surface area contributed by atoms with Crippen molar-refractivity contribution < 1.29 is 8.42 Å². The van der Waals surface area contributed by atoms with E-state index in [9.17, 15) is 8.42 Å². The molecule has 2 rings (SSSR count). The van der Waals surface area contributed by atoms with Gasteiger partial charge in [-0.1, -0.05) is 0 Å². The summed E-state index contributed by atoms with van der Waals surface area (Å²) in [6.07, 6.45) is 3.98. The maximum atomic E-state index is 12.3. The van der Waals surface area contributed by atoms with Gasteiger partial charge < -0.3 is 10.2 Å². The number of nitrogens with one attached hydrogen (secondary N) is 2. The maximum absolute atomic E-state index is 12.3. The van der Waals surface area contributed by atoms with Crippen LogP contribution in [0.15, 0.2) is 21.6 Å². The van der Waals surface area contributed by atoms with Crippen molar-refractivity contribution in [2.24, 2.45) is 0 Å². The monoisotopic (exact) mass is 362 g/mol. The summed E-state index contributed by atoms with van der Waals surface area (Å²) < 4.78 is 27.9. The van der Waals surface area contributed by atoms with Crippen LogP contribution in [0.4, 0.5) is 5.82 Å². The molecule has 0 amide bonds. The molecule has 2 N–H and O–H groups in total. The van der Waals surface area contributed by atoms with Gasteiger partial charge >= 0.3 is 0 Å². The molecule has 0 bridgehead atoms. The molecule has 0 spiro atoms. The summed E-state index contributed by atoms with van der Waals surface area (Å²) in [5.41, 5.74) is 0. The van der Waals surface area contributed by atoms with Crippen molar-refractivity contribution in [1.29, 1.82) is 0 Å². The largest absolute Gasteiger partial charge is 0.372 e. The zero-order chi connectivity index (χ0) is 14.8. The highest BCUT2D eigenvalue weighted by molar-refractivity contribution is 9.10. The minimum Gasteiger partial charge on any atom is -0.372 e. The van der Waals surface area contributed by atoms with Crippen LogP contribution >= 0.6 is 15.9 Å². The van der Waals surface area contributed by atoms with Gasteiger partial charge in [0.25, 0.3) is 0 Å². The van der Waals surface area contributed by atoms with Crippen LogP contribution < -0.4 is 10.0 Å². The van der Waals surface area contributed by atoms with Crippen LogP contribution in [0.25, 0.3) is 0 Å². The Hall–Kier alpha value is -0.700. The number of hydrogen-bond acceptors (Lipinski definition) is 5. The fraction of sp³-hybridized carbons (Fsp3) is 0.583. The molecule has 20 heavy (non-hydrogen) atoms. The Balaban J connectivity index is 2.03. The fourth-order valence-corrected chi connectivity index (χ4v) is 3.64. The van der Waals surface area contributed by atoms with Crippen LogP contribution in [-0.4, -0.2) is 51.5 Å². The third-order valence-electron chi connectivity index (χ3n) is 3.27. The molecule has 0 unspecified atom stereocenters. The van der Waals surface area contributed by atoms with Gasteiger partial charge in [-0.05, 0) is 41.9 Å². The van der Waals surface area contributed by atoms with Crippen molar-refractivity contribution in [3.05, 3.63) is 16.7 Å². The van der Waals surface area contributed by atoms with E-state index in [0.29, 0.717) is 29.4 Å². The maximum Gasteiger partial charge on any atom is 0.244 e. The molecule has 112 valence electrons. The first-order valence-corrected chi connectivity index (χ1v) is 8.75. The molecule has 1 saturated carbocycles. The standard InChI is InChI=1S/C12H19BrN4O2S/c1-14-12-11(7-9(13)8-15-12)20(18,19)16-5-6-17(2)10-3-4-10/h7-8,10,16H,3-6H2,1-2H3,(H,14,15). The van der Waals surface area contributed by atoms with E-state index in [-0.39, 0.29) is 4.90 Å². The Labute approximate surface area is 128 Å². The molecule has 0 saturated heterocycles. The molecule has 8 heteroatoms. The van der Waals surface area contributed by atoms with Gasteiger partial charge in [0.1, 0.15) is 10.7 Å². The van der Waals surface area contributed by atoms with Crippen molar-refractivity contribution >= 4 is 31.8 Å². The first kappa shape index (κ1) is 15.7. The lowest BCUT2D eigenvalue weighted by Gasteiger charge is -2.16.